The van der Waals surface area contributed by atoms with E-state index < -0.39 is 5.97 Å². The molecule has 0 N–H and O–H groups in total. The number of aryl methyl sites for hydroxylation is 1. The predicted octanol–water partition coefficient (Wildman–Crippen LogP) is 9.17. The van der Waals surface area contributed by atoms with Crippen LogP contribution in [0.25, 0.3) is 6.08 Å². The topological polar surface area (TPSA) is 52.6 Å². The number of esters is 1. The van der Waals surface area contributed by atoms with E-state index in [0.29, 0.717) is 15.5 Å². The Morgan fingerprint density at radius 1 is 0.912 bits per heavy atom. The maximum Gasteiger partial charge on any atom is 0.348 e. The van der Waals surface area contributed by atoms with Crippen molar-refractivity contribution < 1.29 is 19.1 Å². The fourth-order valence-electron chi connectivity index (χ4n) is 2.74. The van der Waals surface area contributed by atoms with Crippen LogP contribution < -0.4 is 4.74 Å². The highest BCUT2D eigenvalue weighted by Gasteiger charge is 2.14. The highest BCUT2D eigenvalue weighted by atomic mass is 32.1. The van der Waals surface area contributed by atoms with E-state index in [4.69, 9.17) is 4.74 Å². The summed E-state index contributed by atoms with van der Waals surface area (Å²) in [5.41, 5.74) is 2.27. The van der Waals surface area contributed by atoms with Crippen LogP contribution in [0.15, 0.2) is 36.4 Å². The molecule has 5 heteroatoms. The van der Waals surface area contributed by atoms with E-state index in [1.165, 1.54) is 32.8 Å². The van der Waals surface area contributed by atoms with Crippen molar-refractivity contribution in [2.45, 2.75) is 87.5 Å². The van der Waals surface area contributed by atoms with Crippen LogP contribution >= 0.6 is 11.3 Å². The van der Waals surface area contributed by atoms with Crippen molar-refractivity contribution in [2.24, 2.45) is 0 Å². The van der Waals surface area contributed by atoms with E-state index in [2.05, 4.69) is 23.8 Å². The maximum absolute atomic E-state index is 12.3. The number of allylic oxidation sites excluding steroid dienone is 1. The van der Waals surface area contributed by atoms with Crippen molar-refractivity contribution in [3.8, 4) is 5.75 Å². The lowest BCUT2D eigenvalue weighted by Crippen LogP contribution is -2.10. The smallest absolute Gasteiger partial charge is 0.348 e. The third-order valence-electron chi connectivity index (χ3n) is 4.40. The molecular formula is C29H46O4S. The first-order valence-corrected chi connectivity index (χ1v) is 13.5. The molecule has 0 spiro atoms. The van der Waals surface area contributed by atoms with Gasteiger partial charge in [0.1, 0.15) is 10.6 Å². The molecule has 0 aliphatic rings. The molecule has 0 fully saturated rings. The van der Waals surface area contributed by atoms with E-state index in [1.54, 1.807) is 12.1 Å². The van der Waals surface area contributed by atoms with Gasteiger partial charge in [0.25, 0.3) is 0 Å². The minimum absolute atomic E-state index is 0.0623. The second-order valence-electron chi connectivity index (χ2n) is 6.64. The molecule has 1 heterocycles. The molecule has 0 saturated heterocycles. The number of ketones is 1. The summed E-state index contributed by atoms with van der Waals surface area (Å²) in [6.07, 6.45) is 10.5. The summed E-state index contributed by atoms with van der Waals surface area (Å²) in [6.45, 7) is 16.2. The van der Waals surface area contributed by atoms with E-state index in [9.17, 15) is 9.59 Å². The zero-order chi connectivity index (χ0) is 26.4. The van der Waals surface area contributed by atoms with Crippen LogP contribution in [0.2, 0.25) is 0 Å². The molecule has 0 aliphatic heterocycles. The molecule has 0 saturated carbocycles. The van der Waals surface area contributed by atoms with Crippen molar-refractivity contribution in [3.63, 3.8) is 0 Å². The number of methoxy groups -OCH3 is 1. The van der Waals surface area contributed by atoms with Gasteiger partial charge in [-0.05, 0) is 55.2 Å². The Bertz CT molecular complexity index is 821. The van der Waals surface area contributed by atoms with Gasteiger partial charge in [0.2, 0.25) is 5.78 Å². The van der Waals surface area contributed by atoms with Crippen molar-refractivity contribution >= 4 is 29.2 Å². The Labute approximate surface area is 212 Å². The Morgan fingerprint density at radius 3 is 2.15 bits per heavy atom. The number of benzene rings is 1. The number of carbonyl (C=O) groups is 2. The molecule has 2 rings (SSSR count). The first-order chi connectivity index (χ1) is 16.5. The van der Waals surface area contributed by atoms with Crippen LogP contribution in [0.5, 0.6) is 5.75 Å². The summed E-state index contributed by atoms with van der Waals surface area (Å²) < 4.78 is 10.3. The molecule has 4 nitrogen and oxygen atoms in total. The average molecular weight is 491 g/mol. The summed E-state index contributed by atoms with van der Waals surface area (Å²) in [5, 5.41) is 0. The number of ether oxygens (including phenoxy) is 2. The zero-order valence-corrected chi connectivity index (χ0v) is 23.6. The monoisotopic (exact) mass is 490 g/mol. The summed E-state index contributed by atoms with van der Waals surface area (Å²) in [7, 11) is 1.32. The predicted molar refractivity (Wildman–Crippen MR) is 148 cm³/mol. The number of hydrogen-bond donors (Lipinski definition) is 0. The number of hydrogen-bond acceptors (Lipinski definition) is 5. The average Bonchev–Trinajstić information content (AvgIpc) is 3.39. The minimum Gasteiger partial charge on any atom is -0.485 e. The molecular weight excluding hydrogens is 444 g/mol. The Hall–Kier alpha value is -2.40. The standard InChI is InChI=1S/C23H28O4S.3C2H6/c1-4-5-6-7-8-9-10-18-11-12-19(15-17(18)2)27-16-20(24)21-13-14-22(28-21)23(25)26-3;3*1-2/h9-15H,4-8,16H2,1-3H3;3*1-2H3. The van der Waals surface area contributed by atoms with Gasteiger partial charge in [-0.15, -0.1) is 11.3 Å². The number of Topliss-reactive ketones (excluding diaryl/α,β-unsaturated/α-hetero) is 1. The number of unbranched alkanes of at least 4 members (excludes halogenated alkanes) is 4. The highest BCUT2D eigenvalue weighted by Crippen LogP contribution is 2.21. The summed E-state index contributed by atoms with van der Waals surface area (Å²) in [6, 6.07) is 9.06. The second-order valence-corrected chi connectivity index (χ2v) is 7.72. The van der Waals surface area contributed by atoms with Crippen LogP contribution in [0, 0.1) is 6.92 Å². The van der Waals surface area contributed by atoms with E-state index in [-0.39, 0.29) is 12.4 Å². The van der Waals surface area contributed by atoms with Crippen LogP contribution in [-0.2, 0) is 4.74 Å². The van der Waals surface area contributed by atoms with Crippen molar-refractivity contribution in [3.05, 3.63) is 57.3 Å². The highest BCUT2D eigenvalue weighted by molar-refractivity contribution is 7.15. The van der Waals surface area contributed by atoms with Crippen molar-refractivity contribution in [2.75, 3.05) is 13.7 Å². The molecule has 1 aromatic carbocycles. The van der Waals surface area contributed by atoms with Gasteiger partial charge in [0.15, 0.2) is 6.61 Å². The zero-order valence-electron chi connectivity index (χ0n) is 22.8. The molecule has 0 aliphatic carbocycles. The lowest BCUT2D eigenvalue weighted by molar-refractivity contribution is 0.0606. The van der Waals surface area contributed by atoms with E-state index >= 15 is 0 Å². The summed E-state index contributed by atoms with van der Waals surface area (Å²) in [5.74, 6) is 0.0687. The normalized spacial score (nSPS) is 9.56. The van der Waals surface area contributed by atoms with Gasteiger partial charge in [-0.3, -0.25) is 4.79 Å². The van der Waals surface area contributed by atoms with Crippen molar-refractivity contribution in [1.29, 1.82) is 0 Å². The molecule has 0 unspecified atom stereocenters. The van der Waals surface area contributed by atoms with Gasteiger partial charge in [-0.1, -0.05) is 85.9 Å². The molecule has 1 aromatic heterocycles. The fourth-order valence-corrected chi connectivity index (χ4v) is 3.59. The Balaban J connectivity index is 0. The van der Waals surface area contributed by atoms with E-state index in [1.807, 2.05) is 66.7 Å². The molecule has 0 radical (unpaired) electrons. The van der Waals surface area contributed by atoms with Gasteiger partial charge in [-0.2, -0.15) is 0 Å². The summed E-state index contributed by atoms with van der Waals surface area (Å²) in [4.78, 5) is 24.6. The van der Waals surface area contributed by atoms with Crippen LogP contribution in [0.3, 0.4) is 0 Å². The minimum atomic E-state index is -0.436. The van der Waals surface area contributed by atoms with Gasteiger partial charge in [0.05, 0.1) is 12.0 Å². The third-order valence-corrected chi connectivity index (χ3v) is 5.51. The molecule has 34 heavy (non-hydrogen) atoms. The SMILES string of the molecule is CC.CC.CC.CCCCCCC=Cc1ccc(OCC(=O)c2ccc(C(=O)OC)s2)cc1C. The largest absolute Gasteiger partial charge is 0.485 e. The molecule has 2 aromatic rings. The van der Waals surface area contributed by atoms with Gasteiger partial charge in [0, 0.05) is 0 Å². The number of carbonyl (C=O) groups excluding carboxylic acids is 2. The lowest BCUT2D eigenvalue weighted by atomic mass is 10.1. The van der Waals surface area contributed by atoms with E-state index in [0.717, 1.165) is 28.9 Å². The number of rotatable bonds is 11. The maximum atomic E-state index is 12.3. The molecule has 0 bridgehead atoms. The van der Waals surface area contributed by atoms with Crippen molar-refractivity contribution in [1.82, 2.24) is 0 Å². The van der Waals surface area contributed by atoms with Gasteiger partial charge >= 0.3 is 5.97 Å². The van der Waals surface area contributed by atoms with Crippen LogP contribution in [0.1, 0.15) is 111 Å². The Morgan fingerprint density at radius 2 is 1.56 bits per heavy atom. The third kappa shape index (κ3) is 13.3. The molecule has 192 valence electrons. The lowest BCUT2D eigenvalue weighted by Gasteiger charge is -2.07. The molecule has 0 atom stereocenters. The van der Waals surface area contributed by atoms with Gasteiger partial charge in [-0.25, -0.2) is 4.79 Å². The first kappa shape index (κ1) is 33.8. The Kier molecular flexibility index (Phi) is 22.2. The van der Waals surface area contributed by atoms with Crippen LogP contribution in [0.4, 0.5) is 0 Å². The molecule has 0 amide bonds. The number of thiophene rings is 1. The van der Waals surface area contributed by atoms with Gasteiger partial charge < -0.3 is 9.47 Å². The van der Waals surface area contributed by atoms with Crippen LogP contribution in [-0.4, -0.2) is 25.5 Å². The first-order valence-electron chi connectivity index (χ1n) is 12.7. The fraction of sp³-hybridized carbons (Fsp3) is 0.517. The second kappa shape index (κ2) is 22.4. The quantitative estimate of drug-likeness (QED) is 0.179. The summed E-state index contributed by atoms with van der Waals surface area (Å²) >= 11 is 1.12.